The minimum Gasteiger partial charge on any atom is -0.381 e. The number of carbonyl (C=O) groups excluding carboxylic acids is 2. The maximum atomic E-state index is 13.4. The summed E-state index contributed by atoms with van der Waals surface area (Å²) in [6.07, 6.45) is 8.21. The normalized spacial score (nSPS) is 43.0. The van der Waals surface area contributed by atoms with Gasteiger partial charge in [0.25, 0.3) is 0 Å². The van der Waals surface area contributed by atoms with Gasteiger partial charge in [-0.15, -0.1) is 11.8 Å². The summed E-state index contributed by atoms with van der Waals surface area (Å²) >= 11 is 1.79. The van der Waals surface area contributed by atoms with Crippen molar-refractivity contribution in [2.24, 2.45) is 23.7 Å². The van der Waals surface area contributed by atoms with Gasteiger partial charge in [0.1, 0.15) is 5.50 Å². The predicted octanol–water partition coefficient (Wildman–Crippen LogP) is 1.53. The third-order valence-electron chi connectivity index (χ3n) is 8.23. The van der Waals surface area contributed by atoms with E-state index in [-0.39, 0.29) is 35.4 Å². The number of hydrogen-bond acceptors (Lipinski definition) is 6. The Bertz CT molecular complexity index is 676. The average Bonchev–Trinajstić information content (AvgIpc) is 3.45. The fourth-order valence-corrected chi connectivity index (χ4v) is 7.77. The van der Waals surface area contributed by atoms with E-state index in [0.29, 0.717) is 29.0 Å². The summed E-state index contributed by atoms with van der Waals surface area (Å²) in [7, 11) is 1.83. The zero-order chi connectivity index (χ0) is 21.5. The molecule has 0 spiro atoms. The smallest absolute Gasteiger partial charge is 0.226 e. The van der Waals surface area contributed by atoms with Gasteiger partial charge in [0.15, 0.2) is 0 Å². The Morgan fingerprint density at radius 2 is 1.90 bits per heavy atom. The molecule has 0 radical (unpaired) electrons. The van der Waals surface area contributed by atoms with E-state index in [2.05, 4.69) is 22.9 Å². The van der Waals surface area contributed by atoms with Crippen LogP contribution >= 0.6 is 11.8 Å². The Morgan fingerprint density at radius 3 is 2.65 bits per heavy atom. The zero-order valence-corrected chi connectivity index (χ0v) is 19.7. The quantitative estimate of drug-likeness (QED) is 0.589. The Balaban J connectivity index is 1.18. The molecule has 2 aliphatic carbocycles. The van der Waals surface area contributed by atoms with E-state index in [4.69, 9.17) is 4.74 Å². The van der Waals surface area contributed by atoms with Gasteiger partial charge in [-0.25, -0.2) is 0 Å². The van der Waals surface area contributed by atoms with Crippen molar-refractivity contribution >= 4 is 23.6 Å². The molecule has 0 aromatic heterocycles. The Labute approximate surface area is 190 Å². The third kappa shape index (κ3) is 4.63. The Hall–Kier alpha value is -0.830. The van der Waals surface area contributed by atoms with Crippen LogP contribution in [-0.4, -0.2) is 72.4 Å². The molecule has 3 saturated heterocycles. The van der Waals surface area contributed by atoms with Crippen LogP contribution in [0.2, 0.25) is 0 Å². The lowest BCUT2D eigenvalue weighted by atomic mass is 9.68. The monoisotopic (exact) mass is 450 g/mol. The number of hydrogen-bond donors (Lipinski definition) is 3. The first-order valence-electron chi connectivity index (χ1n) is 12.3. The molecule has 8 unspecified atom stereocenters. The number of nitrogens with zero attached hydrogens (tertiary/aromatic N) is 1. The first-order valence-corrected chi connectivity index (χ1v) is 13.2. The number of ether oxygens (including phenoxy) is 1. The summed E-state index contributed by atoms with van der Waals surface area (Å²) < 4.78 is 5.85. The van der Waals surface area contributed by atoms with Crippen LogP contribution in [0.3, 0.4) is 0 Å². The molecule has 5 rings (SSSR count). The SMILES string of the molecule is COC1CCCCC1C1CC(C)NCC1C(=O)NC1NC2CN(C(=O)C3CC3)CC2S1. The van der Waals surface area contributed by atoms with Gasteiger partial charge >= 0.3 is 0 Å². The highest BCUT2D eigenvalue weighted by Crippen LogP contribution is 2.41. The molecule has 174 valence electrons. The first-order chi connectivity index (χ1) is 15.0. The minimum atomic E-state index is -0.0507. The largest absolute Gasteiger partial charge is 0.381 e. The van der Waals surface area contributed by atoms with E-state index in [0.717, 1.165) is 45.3 Å². The second kappa shape index (κ2) is 9.20. The zero-order valence-electron chi connectivity index (χ0n) is 18.8. The lowest BCUT2D eigenvalue weighted by Gasteiger charge is -2.44. The van der Waals surface area contributed by atoms with Crippen LogP contribution in [0.15, 0.2) is 0 Å². The van der Waals surface area contributed by atoms with E-state index < -0.39 is 0 Å². The van der Waals surface area contributed by atoms with Crippen molar-refractivity contribution in [3.05, 3.63) is 0 Å². The van der Waals surface area contributed by atoms with E-state index in [1.807, 2.05) is 12.0 Å². The molecule has 0 aromatic carbocycles. The van der Waals surface area contributed by atoms with Crippen LogP contribution in [0.25, 0.3) is 0 Å². The molecule has 8 atom stereocenters. The van der Waals surface area contributed by atoms with Crippen LogP contribution in [0.5, 0.6) is 0 Å². The molecule has 3 aliphatic heterocycles. The van der Waals surface area contributed by atoms with Crippen LogP contribution < -0.4 is 16.0 Å². The van der Waals surface area contributed by atoms with Gasteiger partial charge in [0.2, 0.25) is 11.8 Å². The van der Waals surface area contributed by atoms with Gasteiger partial charge < -0.3 is 20.3 Å². The molecule has 2 amide bonds. The van der Waals surface area contributed by atoms with Gasteiger partial charge in [-0.1, -0.05) is 12.8 Å². The molecule has 5 aliphatic rings. The topological polar surface area (TPSA) is 82.7 Å². The number of nitrogens with one attached hydrogen (secondary N) is 3. The predicted molar refractivity (Wildman–Crippen MR) is 121 cm³/mol. The van der Waals surface area contributed by atoms with Crippen molar-refractivity contribution in [3.63, 3.8) is 0 Å². The molecule has 0 bridgehead atoms. The van der Waals surface area contributed by atoms with Gasteiger partial charge in [0.05, 0.1) is 12.0 Å². The number of piperidine rings is 1. The second-order valence-electron chi connectivity index (χ2n) is 10.4. The van der Waals surface area contributed by atoms with Gasteiger partial charge in [-0.2, -0.15) is 0 Å². The van der Waals surface area contributed by atoms with E-state index in [1.54, 1.807) is 11.8 Å². The molecule has 31 heavy (non-hydrogen) atoms. The number of carbonyl (C=O) groups is 2. The van der Waals surface area contributed by atoms with Gasteiger partial charge in [-0.3, -0.25) is 14.9 Å². The van der Waals surface area contributed by atoms with Crippen LogP contribution in [0.4, 0.5) is 0 Å². The van der Waals surface area contributed by atoms with Crippen LogP contribution in [-0.2, 0) is 14.3 Å². The summed E-state index contributed by atoms with van der Waals surface area (Å²) in [5, 5.41) is 10.8. The summed E-state index contributed by atoms with van der Waals surface area (Å²) in [5.41, 5.74) is -0.0507. The molecule has 2 saturated carbocycles. The maximum absolute atomic E-state index is 13.4. The van der Waals surface area contributed by atoms with Crippen molar-refractivity contribution in [2.45, 2.75) is 80.8 Å². The number of thioether (sulfide) groups is 1. The highest BCUT2D eigenvalue weighted by molar-refractivity contribution is 8.00. The standard InChI is InChI=1S/C23H38N4O3S/c1-13-9-16(15-5-3-4-6-19(15)30-2)17(10-24-13)21(28)26-23-25-18-11-27(12-20(18)31-23)22(29)14-7-8-14/h13-20,23-25H,3-12H2,1-2H3,(H,26,28). The van der Waals surface area contributed by atoms with Crippen molar-refractivity contribution < 1.29 is 14.3 Å². The fraction of sp³-hybridized carbons (Fsp3) is 0.913. The molecule has 3 heterocycles. The van der Waals surface area contributed by atoms with E-state index in [1.165, 1.54) is 19.3 Å². The maximum Gasteiger partial charge on any atom is 0.226 e. The van der Waals surface area contributed by atoms with Crippen molar-refractivity contribution in [1.29, 1.82) is 0 Å². The van der Waals surface area contributed by atoms with Crippen LogP contribution in [0.1, 0.15) is 51.9 Å². The third-order valence-corrected chi connectivity index (χ3v) is 9.58. The highest BCUT2D eigenvalue weighted by Gasteiger charge is 2.47. The Morgan fingerprint density at radius 1 is 1.10 bits per heavy atom. The second-order valence-corrected chi connectivity index (χ2v) is 11.7. The molecule has 8 heteroatoms. The summed E-state index contributed by atoms with van der Waals surface area (Å²) in [5.74, 6) is 1.63. The molecule has 3 N–H and O–H groups in total. The van der Waals surface area contributed by atoms with Crippen molar-refractivity contribution in [2.75, 3.05) is 26.7 Å². The van der Waals surface area contributed by atoms with Gasteiger partial charge in [-0.05, 0) is 50.9 Å². The highest BCUT2D eigenvalue weighted by atomic mass is 32.2. The lowest BCUT2D eigenvalue weighted by molar-refractivity contribution is -0.132. The molecule has 0 aromatic rings. The Kier molecular flexibility index (Phi) is 6.52. The first kappa shape index (κ1) is 22.0. The van der Waals surface area contributed by atoms with E-state index in [9.17, 15) is 9.59 Å². The number of rotatable bonds is 5. The van der Waals surface area contributed by atoms with Gasteiger partial charge in [0, 0.05) is 50.0 Å². The fourth-order valence-electron chi connectivity index (χ4n) is 6.36. The van der Waals surface area contributed by atoms with Crippen molar-refractivity contribution in [3.8, 4) is 0 Å². The summed E-state index contributed by atoms with van der Waals surface area (Å²) in [4.78, 5) is 27.8. The summed E-state index contributed by atoms with van der Waals surface area (Å²) in [6, 6.07) is 0.733. The number of likely N-dealkylation sites (tertiary alicyclic amines) is 1. The number of methoxy groups -OCH3 is 1. The average molecular weight is 451 g/mol. The minimum absolute atomic E-state index is 0.00673. The number of amides is 2. The molecule has 7 nitrogen and oxygen atoms in total. The van der Waals surface area contributed by atoms with Crippen LogP contribution in [0, 0.1) is 23.7 Å². The molecular formula is C23H38N4O3S. The molecule has 5 fully saturated rings. The lowest BCUT2D eigenvalue weighted by Crippen LogP contribution is -2.55. The van der Waals surface area contributed by atoms with Crippen molar-refractivity contribution in [1.82, 2.24) is 20.9 Å². The summed E-state index contributed by atoms with van der Waals surface area (Å²) in [6.45, 7) is 4.57. The number of fused-ring (bicyclic) bond motifs is 1. The molecular weight excluding hydrogens is 412 g/mol. The van der Waals surface area contributed by atoms with E-state index >= 15 is 0 Å².